The van der Waals surface area contributed by atoms with E-state index in [1.165, 1.54) is 6.42 Å². The van der Waals surface area contributed by atoms with Crippen molar-refractivity contribution < 1.29 is 9.90 Å². The highest BCUT2D eigenvalue weighted by atomic mass is 16.3. The molecule has 2 fully saturated rings. The summed E-state index contributed by atoms with van der Waals surface area (Å²) in [4.78, 5) is 11.8. The van der Waals surface area contributed by atoms with Crippen molar-refractivity contribution >= 4 is 5.91 Å². The van der Waals surface area contributed by atoms with Crippen molar-refractivity contribution in [1.82, 2.24) is 10.6 Å². The normalized spacial score (nSPS) is 38.0. The minimum atomic E-state index is -0.667. The Labute approximate surface area is 103 Å². The van der Waals surface area contributed by atoms with Gasteiger partial charge in [0, 0.05) is 13.1 Å². The predicted octanol–water partition coefficient (Wildman–Crippen LogP) is 0.653. The topological polar surface area (TPSA) is 61.4 Å². The van der Waals surface area contributed by atoms with Gasteiger partial charge in [-0.1, -0.05) is 19.8 Å². The molecule has 1 amide bonds. The summed E-state index contributed by atoms with van der Waals surface area (Å²) in [5, 5.41) is 16.5. The first-order valence-electron chi connectivity index (χ1n) is 6.80. The summed E-state index contributed by atoms with van der Waals surface area (Å²) in [7, 11) is 0. The molecule has 3 atom stereocenters. The quantitative estimate of drug-likeness (QED) is 0.679. The fraction of sp³-hybridized carbons (Fsp3) is 0.923. The van der Waals surface area contributed by atoms with E-state index in [2.05, 4.69) is 17.6 Å². The van der Waals surface area contributed by atoms with E-state index in [-0.39, 0.29) is 11.8 Å². The molecular weight excluding hydrogens is 216 g/mol. The van der Waals surface area contributed by atoms with Crippen LogP contribution in [0.5, 0.6) is 0 Å². The van der Waals surface area contributed by atoms with Crippen LogP contribution in [-0.2, 0) is 4.79 Å². The van der Waals surface area contributed by atoms with Gasteiger partial charge >= 0.3 is 0 Å². The van der Waals surface area contributed by atoms with E-state index < -0.39 is 5.60 Å². The van der Waals surface area contributed by atoms with E-state index >= 15 is 0 Å². The van der Waals surface area contributed by atoms with Crippen LogP contribution >= 0.6 is 0 Å². The standard InChI is InChI=1S/C13H24N2O2/c1-10-3-2-5-13(17,7-10)9-15-12(16)11-4-6-14-8-11/h10-11,14,17H,2-9H2,1H3,(H,15,16). The zero-order valence-corrected chi connectivity index (χ0v) is 10.7. The molecule has 3 unspecified atom stereocenters. The number of nitrogens with one attached hydrogen (secondary N) is 2. The van der Waals surface area contributed by atoms with Crippen molar-refractivity contribution in [1.29, 1.82) is 0 Å². The van der Waals surface area contributed by atoms with E-state index in [4.69, 9.17) is 0 Å². The highest BCUT2D eigenvalue weighted by Gasteiger charge is 2.33. The van der Waals surface area contributed by atoms with Crippen molar-refractivity contribution in [3.05, 3.63) is 0 Å². The Balaban J connectivity index is 1.78. The monoisotopic (exact) mass is 240 g/mol. The number of hydrogen-bond acceptors (Lipinski definition) is 3. The molecule has 1 saturated heterocycles. The predicted molar refractivity (Wildman–Crippen MR) is 66.6 cm³/mol. The van der Waals surface area contributed by atoms with Crippen LogP contribution in [-0.4, -0.2) is 36.2 Å². The second kappa shape index (κ2) is 5.36. The van der Waals surface area contributed by atoms with Gasteiger partial charge in [-0.05, 0) is 31.7 Å². The lowest BCUT2D eigenvalue weighted by Gasteiger charge is -2.35. The number of hydrogen-bond donors (Lipinski definition) is 3. The largest absolute Gasteiger partial charge is 0.388 e. The van der Waals surface area contributed by atoms with Gasteiger partial charge < -0.3 is 15.7 Å². The molecular formula is C13H24N2O2. The van der Waals surface area contributed by atoms with Gasteiger partial charge in [0.25, 0.3) is 0 Å². The van der Waals surface area contributed by atoms with E-state index in [1.54, 1.807) is 0 Å². The molecule has 0 aromatic carbocycles. The molecule has 1 aliphatic carbocycles. The van der Waals surface area contributed by atoms with Crippen LogP contribution in [0.2, 0.25) is 0 Å². The van der Waals surface area contributed by atoms with Crippen LogP contribution in [0.4, 0.5) is 0 Å². The Hall–Kier alpha value is -0.610. The fourth-order valence-corrected chi connectivity index (χ4v) is 3.07. The first-order chi connectivity index (χ1) is 8.09. The number of aliphatic hydroxyl groups is 1. The maximum Gasteiger partial charge on any atom is 0.224 e. The number of rotatable bonds is 3. The van der Waals surface area contributed by atoms with Gasteiger partial charge in [-0.15, -0.1) is 0 Å². The second-order valence-corrected chi connectivity index (χ2v) is 5.83. The Kier molecular flexibility index (Phi) is 4.05. The highest BCUT2D eigenvalue weighted by molar-refractivity contribution is 5.79. The van der Waals surface area contributed by atoms with Gasteiger partial charge in [-0.3, -0.25) is 4.79 Å². The molecule has 98 valence electrons. The van der Waals surface area contributed by atoms with E-state index in [1.807, 2.05) is 0 Å². The Morgan fingerprint density at radius 2 is 2.35 bits per heavy atom. The number of carbonyl (C=O) groups excluding carboxylic acids is 1. The van der Waals surface area contributed by atoms with Crippen molar-refractivity contribution in [2.75, 3.05) is 19.6 Å². The van der Waals surface area contributed by atoms with Gasteiger partial charge in [0.15, 0.2) is 0 Å². The lowest BCUT2D eigenvalue weighted by Crippen LogP contribution is -2.47. The van der Waals surface area contributed by atoms with Crippen LogP contribution in [0.3, 0.4) is 0 Å². The maximum atomic E-state index is 11.8. The van der Waals surface area contributed by atoms with E-state index in [0.29, 0.717) is 12.5 Å². The zero-order chi connectivity index (χ0) is 12.3. The molecule has 0 bridgehead atoms. The summed E-state index contributed by atoms with van der Waals surface area (Å²) in [6.45, 7) is 4.31. The summed E-state index contributed by atoms with van der Waals surface area (Å²) in [6, 6.07) is 0. The van der Waals surface area contributed by atoms with Crippen molar-refractivity contribution in [2.45, 2.75) is 44.6 Å². The van der Waals surface area contributed by atoms with Crippen LogP contribution in [0.15, 0.2) is 0 Å². The summed E-state index contributed by atoms with van der Waals surface area (Å²) >= 11 is 0. The first kappa shape index (κ1) is 12.8. The summed E-state index contributed by atoms with van der Waals surface area (Å²) in [6.07, 6.45) is 4.82. The molecule has 1 aliphatic heterocycles. The Bertz CT molecular complexity index is 277. The Morgan fingerprint density at radius 3 is 3.00 bits per heavy atom. The van der Waals surface area contributed by atoms with Crippen LogP contribution in [0.1, 0.15) is 39.0 Å². The molecule has 0 aromatic rings. The Morgan fingerprint density at radius 1 is 1.53 bits per heavy atom. The first-order valence-corrected chi connectivity index (χ1v) is 6.80. The van der Waals surface area contributed by atoms with Crippen molar-refractivity contribution in [2.24, 2.45) is 11.8 Å². The molecule has 2 rings (SSSR count). The number of amides is 1. The van der Waals surface area contributed by atoms with Crippen LogP contribution in [0, 0.1) is 11.8 Å². The lowest BCUT2D eigenvalue weighted by molar-refractivity contribution is -0.126. The van der Waals surface area contributed by atoms with Gasteiger partial charge in [0.2, 0.25) is 5.91 Å². The van der Waals surface area contributed by atoms with Crippen molar-refractivity contribution in [3.8, 4) is 0 Å². The molecule has 0 aromatic heterocycles. The van der Waals surface area contributed by atoms with Crippen LogP contribution < -0.4 is 10.6 Å². The summed E-state index contributed by atoms with van der Waals surface area (Å²) in [5.74, 6) is 0.764. The molecule has 1 saturated carbocycles. The van der Waals surface area contributed by atoms with Gasteiger partial charge in [-0.25, -0.2) is 0 Å². The smallest absolute Gasteiger partial charge is 0.224 e. The summed E-state index contributed by atoms with van der Waals surface area (Å²) < 4.78 is 0. The molecule has 4 nitrogen and oxygen atoms in total. The molecule has 1 heterocycles. The third-order valence-electron chi connectivity index (χ3n) is 4.09. The van der Waals surface area contributed by atoms with E-state index in [9.17, 15) is 9.90 Å². The SMILES string of the molecule is CC1CCCC(O)(CNC(=O)C2CCNC2)C1. The second-order valence-electron chi connectivity index (χ2n) is 5.83. The van der Waals surface area contributed by atoms with Gasteiger partial charge in [-0.2, -0.15) is 0 Å². The third kappa shape index (κ3) is 3.42. The molecule has 0 spiro atoms. The molecule has 2 aliphatic rings. The minimum Gasteiger partial charge on any atom is -0.388 e. The highest BCUT2D eigenvalue weighted by Crippen LogP contribution is 2.31. The van der Waals surface area contributed by atoms with E-state index in [0.717, 1.165) is 38.8 Å². The van der Waals surface area contributed by atoms with Crippen LogP contribution in [0.25, 0.3) is 0 Å². The average molecular weight is 240 g/mol. The third-order valence-corrected chi connectivity index (χ3v) is 4.09. The van der Waals surface area contributed by atoms with Gasteiger partial charge in [0.05, 0.1) is 11.5 Å². The molecule has 3 N–H and O–H groups in total. The minimum absolute atomic E-state index is 0.0969. The van der Waals surface area contributed by atoms with Gasteiger partial charge in [0.1, 0.15) is 0 Å². The zero-order valence-electron chi connectivity index (χ0n) is 10.7. The number of carbonyl (C=O) groups is 1. The fourth-order valence-electron chi connectivity index (χ4n) is 3.07. The molecule has 4 heteroatoms. The summed E-state index contributed by atoms with van der Waals surface area (Å²) in [5.41, 5.74) is -0.667. The molecule has 17 heavy (non-hydrogen) atoms. The average Bonchev–Trinajstić information content (AvgIpc) is 2.79. The van der Waals surface area contributed by atoms with Crippen molar-refractivity contribution in [3.63, 3.8) is 0 Å². The lowest BCUT2D eigenvalue weighted by atomic mass is 9.79. The molecule has 0 radical (unpaired) electrons. The maximum absolute atomic E-state index is 11.8.